The number of carbonyl (C=O) groups is 1. The fourth-order valence-corrected chi connectivity index (χ4v) is 1.78. The summed E-state index contributed by atoms with van der Waals surface area (Å²) >= 11 is 0. The summed E-state index contributed by atoms with van der Waals surface area (Å²) < 4.78 is 5.98. The quantitative estimate of drug-likeness (QED) is 0.664. The molecule has 0 unspecified atom stereocenters. The summed E-state index contributed by atoms with van der Waals surface area (Å²) in [5, 5.41) is 13.3. The van der Waals surface area contributed by atoms with Gasteiger partial charge in [-0.3, -0.25) is 24.3 Å². The zero-order chi connectivity index (χ0) is 16.1. The Morgan fingerprint density at radius 1 is 1.27 bits per heavy atom. The van der Waals surface area contributed by atoms with Gasteiger partial charge in [-0.2, -0.15) is 0 Å². The molecule has 0 saturated carbocycles. The number of hydrogen-bond acceptors (Lipinski definition) is 5. The van der Waals surface area contributed by atoms with Crippen LogP contribution < -0.4 is 15.6 Å². The molecule has 0 atom stereocenters. The van der Waals surface area contributed by atoms with Crippen molar-refractivity contribution in [1.82, 2.24) is 4.57 Å². The molecule has 0 spiro atoms. The highest BCUT2D eigenvalue weighted by atomic mass is 16.6. The number of anilines is 1. The number of aromatic nitrogens is 1. The first kappa shape index (κ1) is 15.2. The predicted molar refractivity (Wildman–Crippen MR) is 79.0 cm³/mol. The molecule has 1 aromatic heterocycles. The van der Waals surface area contributed by atoms with Gasteiger partial charge in [-0.15, -0.1) is 0 Å². The third kappa shape index (κ3) is 3.69. The molecule has 0 aliphatic rings. The van der Waals surface area contributed by atoms with Gasteiger partial charge in [0, 0.05) is 17.8 Å². The molecule has 0 fully saturated rings. The van der Waals surface area contributed by atoms with E-state index in [0.29, 0.717) is 11.4 Å². The minimum Gasteiger partial charge on any atom is -0.497 e. The largest absolute Gasteiger partial charge is 0.497 e. The van der Waals surface area contributed by atoms with Gasteiger partial charge in [0.05, 0.1) is 18.2 Å². The molecule has 1 amide bonds. The third-order valence-electron chi connectivity index (χ3n) is 2.87. The Labute approximate surface area is 125 Å². The summed E-state index contributed by atoms with van der Waals surface area (Å²) in [6.45, 7) is -0.313. The van der Waals surface area contributed by atoms with Crippen molar-refractivity contribution >= 4 is 17.3 Å². The van der Waals surface area contributed by atoms with Crippen molar-refractivity contribution in [2.45, 2.75) is 6.54 Å². The van der Waals surface area contributed by atoms with E-state index in [2.05, 4.69) is 5.32 Å². The van der Waals surface area contributed by atoms with Gasteiger partial charge in [0.1, 0.15) is 12.3 Å². The Bertz CT molecular complexity index is 752. The number of carbonyl (C=O) groups excluding carboxylic acids is 1. The van der Waals surface area contributed by atoms with Gasteiger partial charge in [-0.25, -0.2) is 0 Å². The molecule has 0 saturated heterocycles. The van der Waals surface area contributed by atoms with Crippen LogP contribution in [-0.4, -0.2) is 22.5 Å². The molecule has 0 aliphatic carbocycles. The van der Waals surface area contributed by atoms with Crippen LogP contribution in [0.1, 0.15) is 0 Å². The van der Waals surface area contributed by atoms with Gasteiger partial charge >= 0.3 is 0 Å². The average Bonchev–Trinajstić information content (AvgIpc) is 2.50. The second-order valence-corrected chi connectivity index (χ2v) is 4.39. The van der Waals surface area contributed by atoms with Gasteiger partial charge in [0.25, 0.3) is 11.2 Å². The fourth-order valence-electron chi connectivity index (χ4n) is 1.78. The second kappa shape index (κ2) is 6.53. The Morgan fingerprint density at radius 2 is 1.95 bits per heavy atom. The van der Waals surface area contributed by atoms with Gasteiger partial charge in [-0.05, 0) is 24.3 Å². The average molecular weight is 303 g/mol. The predicted octanol–water partition coefficient (Wildman–Crippen LogP) is 1.40. The summed E-state index contributed by atoms with van der Waals surface area (Å²) in [6, 6.07) is 8.79. The van der Waals surface area contributed by atoms with Crippen molar-refractivity contribution in [1.29, 1.82) is 0 Å². The number of nitrogens with zero attached hydrogens (tertiary/aromatic N) is 2. The summed E-state index contributed by atoms with van der Waals surface area (Å²) in [6.07, 6.45) is 1.04. The number of hydrogen-bond donors (Lipinski definition) is 1. The number of benzene rings is 1. The van der Waals surface area contributed by atoms with Crippen LogP contribution in [0.3, 0.4) is 0 Å². The van der Waals surface area contributed by atoms with Crippen LogP contribution in [0.2, 0.25) is 0 Å². The van der Waals surface area contributed by atoms with Crippen LogP contribution in [-0.2, 0) is 11.3 Å². The molecular formula is C14H13N3O5. The van der Waals surface area contributed by atoms with Crippen molar-refractivity contribution in [3.8, 4) is 5.75 Å². The maximum atomic E-state index is 11.9. The number of amides is 1. The van der Waals surface area contributed by atoms with E-state index >= 15 is 0 Å². The summed E-state index contributed by atoms with van der Waals surface area (Å²) in [5.41, 5.74) is -0.211. The Hall–Kier alpha value is -3.16. The zero-order valence-corrected chi connectivity index (χ0v) is 11.7. The normalized spacial score (nSPS) is 10.0. The van der Waals surface area contributed by atoms with Crippen molar-refractivity contribution in [3.05, 3.63) is 63.1 Å². The highest BCUT2D eigenvalue weighted by molar-refractivity contribution is 5.90. The van der Waals surface area contributed by atoms with Crippen LogP contribution in [0.5, 0.6) is 5.75 Å². The molecule has 1 N–H and O–H groups in total. The Morgan fingerprint density at radius 3 is 2.55 bits per heavy atom. The van der Waals surface area contributed by atoms with Gasteiger partial charge < -0.3 is 10.1 Å². The van der Waals surface area contributed by atoms with Crippen molar-refractivity contribution < 1.29 is 14.5 Å². The van der Waals surface area contributed by atoms with Crippen LogP contribution in [0.15, 0.2) is 47.4 Å². The molecule has 0 bridgehead atoms. The van der Waals surface area contributed by atoms with Crippen LogP contribution in [0.4, 0.5) is 11.4 Å². The van der Waals surface area contributed by atoms with Crippen molar-refractivity contribution in [3.63, 3.8) is 0 Å². The first-order valence-corrected chi connectivity index (χ1v) is 6.28. The Kier molecular flexibility index (Phi) is 4.52. The molecule has 8 heteroatoms. The van der Waals surface area contributed by atoms with Crippen LogP contribution in [0, 0.1) is 10.1 Å². The number of methoxy groups -OCH3 is 1. The monoisotopic (exact) mass is 303 g/mol. The maximum Gasteiger partial charge on any atom is 0.285 e. The molecule has 2 aromatic rings. The Balaban J connectivity index is 2.09. The van der Waals surface area contributed by atoms with E-state index in [-0.39, 0.29) is 12.2 Å². The molecule has 22 heavy (non-hydrogen) atoms. The first-order chi connectivity index (χ1) is 10.5. The van der Waals surface area contributed by atoms with E-state index in [4.69, 9.17) is 4.74 Å². The second-order valence-electron chi connectivity index (χ2n) is 4.39. The number of rotatable bonds is 5. The number of nitrogens with one attached hydrogen (secondary N) is 1. The minimum absolute atomic E-state index is 0.253. The third-order valence-corrected chi connectivity index (χ3v) is 2.87. The van der Waals surface area contributed by atoms with Gasteiger partial charge in [-0.1, -0.05) is 0 Å². The fraction of sp³-hybridized carbons (Fsp3) is 0.143. The molecule has 8 nitrogen and oxygen atoms in total. The molecule has 1 heterocycles. The smallest absolute Gasteiger partial charge is 0.285 e. The summed E-state index contributed by atoms with van der Waals surface area (Å²) in [4.78, 5) is 33.6. The van der Waals surface area contributed by atoms with Crippen molar-refractivity contribution in [2.75, 3.05) is 12.4 Å². The van der Waals surface area contributed by atoms with E-state index in [1.807, 2.05) is 0 Å². The number of nitro groups is 1. The SMILES string of the molecule is COc1ccc(NC(=O)Cn2cc([N+](=O)[O-])ccc2=O)cc1. The van der Waals surface area contributed by atoms with E-state index in [0.717, 1.165) is 22.9 Å². The summed E-state index contributed by atoms with van der Waals surface area (Å²) in [5.74, 6) is 0.181. The van der Waals surface area contributed by atoms with Crippen LogP contribution in [0.25, 0.3) is 0 Å². The first-order valence-electron chi connectivity index (χ1n) is 6.28. The minimum atomic E-state index is -0.628. The topological polar surface area (TPSA) is 103 Å². The molecule has 0 radical (unpaired) electrons. The highest BCUT2D eigenvalue weighted by Gasteiger charge is 2.10. The lowest BCUT2D eigenvalue weighted by molar-refractivity contribution is -0.385. The zero-order valence-electron chi connectivity index (χ0n) is 11.7. The lowest BCUT2D eigenvalue weighted by atomic mass is 10.3. The summed E-state index contributed by atoms with van der Waals surface area (Å²) in [7, 11) is 1.53. The lowest BCUT2D eigenvalue weighted by Crippen LogP contribution is -2.26. The standard InChI is InChI=1S/C14H13N3O5/c1-22-12-5-2-10(3-6-12)15-13(18)9-16-8-11(17(20)21)4-7-14(16)19/h2-8H,9H2,1H3,(H,15,18). The van der Waals surface area contributed by atoms with E-state index < -0.39 is 16.4 Å². The number of pyridine rings is 1. The maximum absolute atomic E-state index is 11.9. The van der Waals surface area contributed by atoms with Gasteiger partial charge in [0.2, 0.25) is 5.91 Å². The molecule has 1 aromatic carbocycles. The highest BCUT2D eigenvalue weighted by Crippen LogP contribution is 2.15. The van der Waals surface area contributed by atoms with Crippen molar-refractivity contribution in [2.24, 2.45) is 0 Å². The molecular weight excluding hydrogens is 290 g/mol. The lowest BCUT2D eigenvalue weighted by Gasteiger charge is -2.08. The number of ether oxygens (including phenoxy) is 1. The van der Waals surface area contributed by atoms with E-state index in [9.17, 15) is 19.7 Å². The van der Waals surface area contributed by atoms with Crippen LogP contribution >= 0.6 is 0 Å². The molecule has 0 aliphatic heterocycles. The van der Waals surface area contributed by atoms with Gasteiger partial charge in [0.15, 0.2) is 0 Å². The molecule has 114 valence electrons. The molecule has 2 rings (SSSR count). The van der Waals surface area contributed by atoms with E-state index in [1.54, 1.807) is 24.3 Å². The van der Waals surface area contributed by atoms with E-state index in [1.165, 1.54) is 7.11 Å².